The Kier molecular flexibility index (Phi) is 10.4. The molecule has 156 valence electrons. The molecule has 28 heavy (non-hydrogen) atoms. The Labute approximate surface area is 171 Å². The highest BCUT2D eigenvalue weighted by atomic mass is 16.5. The molecule has 0 aliphatic carbocycles. The molecular weight excluding hydrogens is 350 g/mol. The van der Waals surface area contributed by atoms with Crippen LogP contribution in [-0.4, -0.2) is 26.3 Å². The molecule has 0 spiro atoms. The second kappa shape index (κ2) is 12.3. The molecule has 0 aliphatic rings. The van der Waals surface area contributed by atoms with Crippen LogP contribution in [0.4, 0.5) is 0 Å². The number of allylic oxidation sites excluding steroid dienone is 6. The molecule has 1 aromatic heterocycles. The third-order valence-corrected chi connectivity index (χ3v) is 4.78. The lowest BCUT2D eigenvalue weighted by molar-refractivity contribution is 0.313. The van der Waals surface area contributed by atoms with E-state index in [1.54, 1.807) is 21.3 Å². The van der Waals surface area contributed by atoms with Crippen molar-refractivity contribution in [2.24, 2.45) is 0 Å². The molecule has 1 rings (SSSR count). The van der Waals surface area contributed by atoms with Gasteiger partial charge in [0.2, 0.25) is 5.75 Å². The summed E-state index contributed by atoms with van der Waals surface area (Å²) in [6.07, 6.45) is 12.1. The van der Waals surface area contributed by atoms with Gasteiger partial charge in [0.15, 0.2) is 5.75 Å². The quantitative estimate of drug-likeness (QED) is 0.413. The molecule has 0 amide bonds. The first-order valence-corrected chi connectivity index (χ1v) is 9.94. The molecule has 0 aliphatic heterocycles. The lowest BCUT2D eigenvalue weighted by Crippen LogP contribution is -2.04. The predicted octanol–water partition coefficient (Wildman–Crippen LogP) is 6.38. The second-order valence-electron chi connectivity index (χ2n) is 7.42. The van der Waals surface area contributed by atoms with E-state index in [1.807, 2.05) is 6.92 Å². The molecule has 4 heteroatoms. The van der Waals surface area contributed by atoms with Crippen LogP contribution in [-0.2, 0) is 6.42 Å². The van der Waals surface area contributed by atoms with Gasteiger partial charge in [0.25, 0.3) is 5.88 Å². The number of pyridine rings is 1. The van der Waals surface area contributed by atoms with E-state index in [0.717, 1.165) is 43.4 Å². The van der Waals surface area contributed by atoms with Gasteiger partial charge in [-0.05, 0) is 60.3 Å². The van der Waals surface area contributed by atoms with Gasteiger partial charge in [-0.15, -0.1) is 0 Å². The monoisotopic (exact) mass is 387 g/mol. The van der Waals surface area contributed by atoms with Crippen molar-refractivity contribution in [1.82, 2.24) is 4.98 Å². The van der Waals surface area contributed by atoms with Gasteiger partial charge in [-0.2, -0.15) is 0 Å². The molecule has 0 saturated carbocycles. The number of rotatable bonds is 11. The van der Waals surface area contributed by atoms with Gasteiger partial charge in [-0.25, -0.2) is 4.98 Å². The minimum atomic E-state index is 0.459. The minimum Gasteiger partial charge on any atom is -0.492 e. The number of aromatic nitrogens is 1. The zero-order chi connectivity index (χ0) is 21.1. The second-order valence-corrected chi connectivity index (χ2v) is 7.42. The maximum absolute atomic E-state index is 5.52. The highest BCUT2D eigenvalue weighted by Crippen LogP contribution is 2.39. The molecule has 1 heterocycles. The Morgan fingerprint density at radius 2 is 1.36 bits per heavy atom. The fraction of sp³-hybridized carbons (Fsp3) is 0.542. The average Bonchev–Trinajstić information content (AvgIpc) is 2.66. The van der Waals surface area contributed by atoms with Gasteiger partial charge >= 0.3 is 0 Å². The zero-order valence-corrected chi connectivity index (χ0v) is 18.9. The molecule has 1 aromatic rings. The SMILES string of the molecule is COc1nc(C/C=C(\C)CC/C=C(\C)CCC=C(C)C)c(C)c(OC)c1OC. The Morgan fingerprint density at radius 1 is 0.786 bits per heavy atom. The normalized spacial score (nSPS) is 12.0. The van der Waals surface area contributed by atoms with Crippen LogP contribution >= 0.6 is 0 Å². The number of hydrogen-bond acceptors (Lipinski definition) is 4. The molecule has 0 unspecified atom stereocenters. The summed E-state index contributed by atoms with van der Waals surface area (Å²) in [4.78, 5) is 4.61. The molecule has 0 bridgehead atoms. The van der Waals surface area contributed by atoms with Crippen LogP contribution in [0.5, 0.6) is 17.4 Å². The molecule has 0 radical (unpaired) electrons. The molecule has 0 saturated heterocycles. The van der Waals surface area contributed by atoms with Crippen molar-refractivity contribution in [3.8, 4) is 17.4 Å². The van der Waals surface area contributed by atoms with Gasteiger partial charge in [-0.3, -0.25) is 0 Å². The standard InChI is InChI=1S/C24H37NO3/c1-17(2)11-9-12-18(3)13-10-14-19(4)15-16-21-20(5)22(26-6)23(27-7)24(25-21)28-8/h11,13,15H,9-10,12,14,16H2,1-8H3/b18-13+,19-15+. The van der Waals surface area contributed by atoms with E-state index >= 15 is 0 Å². The van der Waals surface area contributed by atoms with E-state index in [4.69, 9.17) is 14.2 Å². The van der Waals surface area contributed by atoms with E-state index in [1.165, 1.54) is 16.7 Å². The molecule has 0 aromatic carbocycles. The first kappa shape index (κ1) is 23.8. The summed E-state index contributed by atoms with van der Waals surface area (Å²) < 4.78 is 16.3. The number of nitrogens with zero attached hydrogens (tertiary/aromatic N) is 1. The Morgan fingerprint density at radius 3 is 1.89 bits per heavy atom. The number of hydrogen-bond donors (Lipinski definition) is 0. The summed E-state index contributed by atoms with van der Waals surface area (Å²) >= 11 is 0. The first-order chi connectivity index (χ1) is 13.3. The maximum atomic E-state index is 5.52. The largest absolute Gasteiger partial charge is 0.492 e. The fourth-order valence-corrected chi connectivity index (χ4v) is 3.03. The van der Waals surface area contributed by atoms with Crippen molar-refractivity contribution in [3.05, 3.63) is 46.2 Å². The third kappa shape index (κ3) is 7.41. The molecule has 0 N–H and O–H groups in total. The van der Waals surface area contributed by atoms with Gasteiger partial charge in [0.1, 0.15) is 0 Å². The summed E-state index contributed by atoms with van der Waals surface area (Å²) in [5, 5.41) is 0. The van der Waals surface area contributed by atoms with Crippen molar-refractivity contribution in [2.45, 2.75) is 66.7 Å². The van der Waals surface area contributed by atoms with Crippen molar-refractivity contribution < 1.29 is 14.2 Å². The maximum Gasteiger partial charge on any atom is 0.261 e. The van der Waals surface area contributed by atoms with Gasteiger partial charge in [-0.1, -0.05) is 34.9 Å². The van der Waals surface area contributed by atoms with E-state index in [0.29, 0.717) is 17.4 Å². The predicted molar refractivity (Wildman–Crippen MR) is 118 cm³/mol. The van der Waals surface area contributed by atoms with Crippen LogP contribution in [0.1, 0.15) is 64.6 Å². The van der Waals surface area contributed by atoms with Crippen LogP contribution in [0, 0.1) is 6.92 Å². The van der Waals surface area contributed by atoms with Crippen molar-refractivity contribution in [3.63, 3.8) is 0 Å². The summed E-state index contributed by atoms with van der Waals surface area (Å²) in [6.45, 7) is 10.7. The van der Waals surface area contributed by atoms with E-state index in [-0.39, 0.29) is 0 Å². The Bertz CT molecular complexity index is 726. The average molecular weight is 388 g/mol. The molecule has 0 atom stereocenters. The van der Waals surface area contributed by atoms with Crippen LogP contribution in [0.2, 0.25) is 0 Å². The highest BCUT2D eigenvalue weighted by molar-refractivity contribution is 5.54. The summed E-state index contributed by atoms with van der Waals surface area (Å²) in [7, 11) is 4.83. The van der Waals surface area contributed by atoms with Crippen LogP contribution in [0.25, 0.3) is 0 Å². The first-order valence-electron chi connectivity index (χ1n) is 9.94. The van der Waals surface area contributed by atoms with Crippen LogP contribution in [0.15, 0.2) is 34.9 Å². The van der Waals surface area contributed by atoms with E-state index in [9.17, 15) is 0 Å². The molecule has 4 nitrogen and oxygen atoms in total. The van der Waals surface area contributed by atoms with Crippen molar-refractivity contribution in [2.75, 3.05) is 21.3 Å². The van der Waals surface area contributed by atoms with Gasteiger partial charge < -0.3 is 14.2 Å². The fourth-order valence-electron chi connectivity index (χ4n) is 3.03. The Balaban J connectivity index is 2.74. The molecule has 0 fully saturated rings. The van der Waals surface area contributed by atoms with Gasteiger partial charge in [0.05, 0.1) is 27.0 Å². The number of ether oxygens (including phenoxy) is 3. The van der Waals surface area contributed by atoms with Gasteiger partial charge in [0, 0.05) is 12.0 Å². The zero-order valence-electron chi connectivity index (χ0n) is 18.9. The summed E-state index contributed by atoms with van der Waals surface area (Å²) in [6, 6.07) is 0. The van der Waals surface area contributed by atoms with Crippen LogP contribution < -0.4 is 14.2 Å². The van der Waals surface area contributed by atoms with E-state index in [2.05, 4.69) is 50.9 Å². The lowest BCUT2D eigenvalue weighted by Gasteiger charge is -2.16. The van der Waals surface area contributed by atoms with Crippen molar-refractivity contribution >= 4 is 0 Å². The van der Waals surface area contributed by atoms with Crippen molar-refractivity contribution in [1.29, 1.82) is 0 Å². The van der Waals surface area contributed by atoms with Crippen LogP contribution in [0.3, 0.4) is 0 Å². The highest BCUT2D eigenvalue weighted by Gasteiger charge is 2.18. The summed E-state index contributed by atoms with van der Waals surface area (Å²) in [5.74, 6) is 1.69. The molecular formula is C24H37NO3. The van der Waals surface area contributed by atoms with E-state index < -0.39 is 0 Å². The lowest BCUT2D eigenvalue weighted by atomic mass is 10.0. The smallest absolute Gasteiger partial charge is 0.261 e. The number of methoxy groups -OCH3 is 3. The third-order valence-electron chi connectivity index (χ3n) is 4.78. The Hall–Kier alpha value is -2.23. The summed E-state index contributed by atoms with van der Waals surface area (Å²) in [5.41, 5.74) is 6.15. The minimum absolute atomic E-state index is 0.459. The topological polar surface area (TPSA) is 40.6 Å².